The van der Waals surface area contributed by atoms with Crippen LogP contribution in [0.2, 0.25) is 0 Å². The number of amides is 1. The Bertz CT molecular complexity index is 315. The van der Waals surface area contributed by atoms with Crippen LogP contribution in [0.5, 0.6) is 0 Å². The molecule has 0 fully saturated rings. The number of nitrogens with two attached hydrogens (primary N) is 1. The zero-order valence-corrected chi connectivity index (χ0v) is 9.34. The van der Waals surface area contributed by atoms with Crippen molar-refractivity contribution in [3.63, 3.8) is 0 Å². The van der Waals surface area contributed by atoms with E-state index in [9.17, 15) is 4.79 Å². The normalized spacial score (nSPS) is 10.3. The Kier molecular flexibility index (Phi) is 5.16. The van der Waals surface area contributed by atoms with Gasteiger partial charge in [0, 0.05) is 13.5 Å². The average Bonchev–Trinajstić information content (AvgIpc) is 2.63. The van der Waals surface area contributed by atoms with E-state index in [0.717, 1.165) is 17.8 Å². The molecule has 0 saturated carbocycles. The summed E-state index contributed by atoms with van der Waals surface area (Å²) in [6, 6.07) is 0. The summed E-state index contributed by atoms with van der Waals surface area (Å²) in [7, 11) is 1.46. The number of methoxy groups -OCH3 is 1. The highest BCUT2D eigenvalue weighted by Crippen LogP contribution is 2.16. The van der Waals surface area contributed by atoms with Crippen molar-refractivity contribution < 1.29 is 9.53 Å². The quantitative estimate of drug-likeness (QED) is 0.718. The van der Waals surface area contributed by atoms with E-state index < -0.39 is 0 Å². The molecule has 1 amide bonds. The Morgan fingerprint density at radius 2 is 2.40 bits per heavy atom. The maximum Gasteiger partial charge on any atom is 0.252 e. The minimum absolute atomic E-state index is 0.0255. The molecule has 1 rings (SSSR count). The van der Waals surface area contributed by atoms with Gasteiger partial charge in [0.15, 0.2) is 0 Å². The van der Waals surface area contributed by atoms with Crippen molar-refractivity contribution in [2.45, 2.75) is 12.8 Å². The molecule has 0 atom stereocenters. The number of aryl methyl sites for hydroxylation is 1. The number of hydrogen-bond donors (Lipinski definition) is 2. The van der Waals surface area contributed by atoms with Crippen molar-refractivity contribution in [3.8, 4) is 0 Å². The van der Waals surface area contributed by atoms with Crippen LogP contribution >= 0.6 is 11.3 Å². The first-order valence-corrected chi connectivity index (χ1v) is 5.39. The zero-order valence-electron chi connectivity index (χ0n) is 8.52. The Morgan fingerprint density at radius 1 is 1.60 bits per heavy atom. The molecule has 3 N–H and O–H groups in total. The van der Waals surface area contributed by atoms with Crippen molar-refractivity contribution >= 4 is 22.4 Å². The average molecular weight is 230 g/mol. The monoisotopic (exact) mass is 230 g/mol. The molecule has 0 bridgehead atoms. The SMILES string of the molecule is COCC(=O)Nc1nnc(CCCN)s1. The molecular weight excluding hydrogens is 216 g/mol. The van der Waals surface area contributed by atoms with Crippen LogP contribution in [-0.2, 0) is 16.0 Å². The van der Waals surface area contributed by atoms with E-state index in [1.165, 1.54) is 18.4 Å². The van der Waals surface area contributed by atoms with Gasteiger partial charge >= 0.3 is 0 Å². The summed E-state index contributed by atoms with van der Waals surface area (Å²) in [5.74, 6) is -0.223. The number of nitrogens with one attached hydrogen (secondary N) is 1. The number of aromatic nitrogens is 2. The third-order valence-corrected chi connectivity index (χ3v) is 2.48. The predicted molar refractivity (Wildman–Crippen MR) is 57.8 cm³/mol. The lowest BCUT2D eigenvalue weighted by Crippen LogP contribution is -2.16. The van der Waals surface area contributed by atoms with Gasteiger partial charge in [-0.15, -0.1) is 10.2 Å². The summed E-state index contributed by atoms with van der Waals surface area (Å²) in [6.07, 6.45) is 1.68. The second-order valence-corrected chi connectivity index (χ2v) is 3.94. The molecule has 1 aromatic rings. The number of anilines is 1. The van der Waals surface area contributed by atoms with Crippen molar-refractivity contribution in [1.29, 1.82) is 0 Å². The molecule has 0 aromatic carbocycles. The summed E-state index contributed by atoms with van der Waals surface area (Å²) >= 11 is 1.36. The van der Waals surface area contributed by atoms with E-state index in [2.05, 4.69) is 20.3 Å². The lowest BCUT2D eigenvalue weighted by Gasteiger charge is -1.97. The number of hydrogen-bond acceptors (Lipinski definition) is 6. The van der Waals surface area contributed by atoms with Gasteiger partial charge in [0.25, 0.3) is 5.91 Å². The van der Waals surface area contributed by atoms with Crippen LogP contribution in [0, 0.1) is 0 Å². The molecule has 0 saturated heterocycles. The largest absolute Gasteiger partial charge is 0.375 e. The third-order valence-electron chi connectivity index (χ3n) is 1.58. The first-order chi connectivity index (χ1) is 7.26. The van der Waals surface area contributed by atoms with E-state index >= 15 is 0 Å². The minimum Gasteiger partial charge on any atom is -0.375 e. The van der Waals surface area contributed by atoms with Gasteiger partial charge in [0.2, 0.25) is 5.13 Å². The first-order valence-electron chi connectivity index (χ1n) is 4.57. The zero-order chi connectivity index (χ0) is 11.1. The van der Waals surface area contributed by atoms with Gasteiger partial charge in [0.05, 0.1) is 0 Å². The molecule has 0 aliphatic rings. The third kappa shape index (κ3) is 4.32. The fourth-order valence-electron chi connectivity index (χ4n) is 0.945. The summed E-state index contributed by atoms with van der Waals surface area (Å²) in [6.45, 7) is 0.655. The highest BCUT2D eigenvalue weighted by molar-refractivity contribution is 7.15. The van der Waals surface area contributed by atoms with Crippen LogP contribution in [0.3, 0.4) is 0 Å². The topological polar surface area (TPSA) is 90.1 Å². The second kappa shape index (κ2) is 6.44. The lowest BCUT2D eigenvalue weighted by molar-refractivity contribution is -0.119. The van der Waals surface area contributed by atoms with Crippen LogP contribution in [0.1, 0.15) is 11.4 Å². The molecule has 15 heavy (non-hydrogen) atoms. The molecule has 0 aliphatic carbocycles. The van der Waals surface area contributed by atoms with E-state index in [4.69, 9.17) is 5.73 Å². The highest BCUT2D eigenvalue weighted by Gasteiger charge is 2.07. The summed E-state index contributed by atoms with van der Waals surface area (Å²) in [5, 5.41) is 11.7. The molecule has 0 radical (unpaired) electrons. The summed E-state index contributed by atoms with van der Waals surface area (Å²) in [5.41, 5.74) is 5.37. The fraction of sp³-hybridized carbons (Fsp3) is 0.625. The molecule has 0 spiro atoms. The molecule has 0 unspecified atom stereocenters. The number of carbonyl (C=O) groups excluding carboxylic acids is 1. The van der Waals surface area contributed by atoms with Crippen LogP contribution in [-0.4, -0.2) is 36.4 Å². The van der Waals surface area contributed by atoms with Gasteiger partial charge in [0.1, 0.15) is 11.6 Å². The molecule has 6 nitrogen and oxygen atoms in total. The molecule has 1 heterocycles. The Morgan fingerprint density at radius 3 is 3.07 bits per heavy atom. The Balaban J connectivity index is 2.42. The van der Waals surface area contributed by atoms with E-state index in [0.29, 0.717) is 11.7 Å². The van der Waals surface area contributed by atoms with E-state index in [1.54, 1.807) is 0 Å². The highest BCUT2D eigenvalue weighted by atomic mass is 32.1. The predicted octanol–water partition coefficient (Wildman–Crippen LogP) is 0.0143. The van der Waals surface area contributed by atoms with Gasteiger partial charge in [-0.3, -0.25) is 10.1 Å². The molecular formula is C8H14N4O2S. The van der Waals surface area contributed by atoms with Gasteiger partial charge < -0.3 is 10.5 Å². The second-order valence-electron chi connectivity index (χ2n) is 2.87. The van der Waals surface area contributed by atoms with Gasteiger partial charge in [-0.2, -0.15) is 0 Å². The number of carbonyl (C=O) groups is 1. The first kappa shape index (κ1) is 12.0. The molecule has 84 valence electrons. The smallest absolute Gasteiger partial charge is 0.252 e. The fourth-order valence-corrected chi connectivity index (χ4v) is 1.74. The van der Waals surface area contributed by atoms with Gasteiger partial charge in [-0.1, -0.05) is 11.3 Å². The van der Waals surface area contributed by atoms with Gasteiger partial charge in [-0.05, 0) is 13.0 Å². The number of rotatable bonds is 6. The van der Waals surface area contributed by atoms with Crippen molar-refractivity contribution in [3.05, 3.63) is 5.01 Å². The van der Waals surface area contributed by atoms with Crippen LogP contribution < -0.4 is 11.1 Å². The van der Waals surface area contributed by atoms with Gasteiger partial charge in [-0.25, -0.2) is 0 Å². The Hall–Kier alpha value is -1.05. The molecule has 7 heteroatoms. The molecule has 1 aromatic heterocycles. The van der Waals surface area contributed by atoms with E-state index in [1.807, 2.05) is 0 Å². The summed E-state index contributed by atoms with van der Waals surface area (Å²) in [4.78, 5) is 11.1. The minimum atomic E-state index is -0.223. The van der Waals surface area contributed by atoms with Crippen LogP contribution in [0.25, 0.3) is 0 Å². The summed E-state index contributed by atoms with van der Waals surface area (Å²) < 4.78 is 4.68. The maximum absolute atomic E-state index is 11.1. The van der Waals surface area contributed by atoms with Crippen molar-refractivity contribution in [2.24, 2.45) is 5.73 Å². The van der Waals surface area contributed by atoms with Crippen molar-refractivity contribution in [2.75, 3.05) is 25.6 Å². The number of ether oxygens (including phenoxy) is 1. The van der Waals surface area contributed by atoms with Crippen LogP contribution in [0.4, 0.5) is 5.13 Å². The number of nitrogens with zero attached hydrogens (tertiary/aromatic N) is 2. The Labute approximate surface area is 91.8 Å². The standard InChI is InChI=1S/C8H14N4O2S/c1-14-5-6(13)10-8-12-11-7(15-8)3-2-4-9/h2-5,9H2,1H3,(H,10,12,13). The van der Waals surface area contributed by atoms with E-state index in [-0.39, 0.29) is 12.5 Å². The lowest BCUT2D eigenvalue weighted by atomic mass is 10.3. The van der Waals surface area contributed by atoms with Crippen molar-refractivity contribution in [1.82, 2.24) is 10.2 Å². The maximum atomic E-state index is 11.1. The van der Waals surface area contributed by atoms with Crippen LogP contribution in [0.15, 0.2) is 0 Å². The molecule has 0 aliphatic heterocycles.